The van der Waals surface area contributed by atoms with Gasteiger partial charge in [0.15, 0.2) is 11.6 Å². The molecule has 11 nitrogen and oxygen atoms in total. The van der Waals surface area contributed by atoms with Crippen molar-refractivity contribution in [2.24, 2.45) is 17.6 Å². The summed E-state index contributed by atoms with van der Waals surface area (Å²) >= 11 is 0. The largest absolute Gasteiger partial charge is 0.497 e. The molecule has 0 saturated heterocycles. The topological polar surface area (TPSA) is 151 Å². The van der Waals surface area contributed by atoms with Crippen molar-refractivity contribution in [1.29, 1.82) is 0 Å². The van der Waals surface area contributed by atoms with Gasteiger partial charge in [-0.1, -0.05) is 39.0 Å². The van der Waals surface area contributed by atoms with Crippen LogP contribution in [0.2, 0.25) is 0 Å². The van der Waals surface area contributed by atoms with Gasteiger partial charge >= 0.3 is 5.97 Å². The summed E-state index contributed by atoms with van der Waals surface area (Å²) in [5.74, 6) is -2.81. The Labute approximate surface area is 282 Å². The fourth-order valence-electron chi connectivity index (χ4n) is 5.68. The number of nitrogens with one attached hydrogen (secondary N) is 1. The summed E-state index contributed by atoms with van der Waals surface area (Å²) in [6.07, 6.45) is 1.54. The van der Waals surface area contributed by atoms with Crippen LogP contribution in [0.25, 0.3) is 16.6 Å². The van der Waals surface area contributed by atoms with Crippen LogP contribution in [-0.4, -0.2) is 44.0 Å². The lowest BCUT2D eigenvalue weighted by molar-refractivity contribution is -0.147. The monoisotopic (exact) mass is 677 g/mol. The molecule has 0 aliphatic heterocycles. The molecule has 0 unspecified atom stereocenters. The summed E-state index contributed by atoms with van der Waals surface area (Å²) in [7, 11) is 1.55. The molecule has 0 radical (unpaired) electrons. The Morgan fingerprint density at radius 2 is 1.75 bits per heavy atom. The van der Waals surface area contributed by atoms with E-state index in [0.717, 1.165) is 6.07 Å². The van der Waals surface area contributed by atoms with Gasteiger partial charge in [-0.3, -0.25) is 24.0 Å². The minimum Gasteiger partial charge on any atom is -0.497 e. The van der Waals surface area contributed by atoms with Crippen molar-refractivity contribution < 1.29 is 28.6 Å². The van der Waals surface area contributed by atoms with Gasteiger partial charge in [0.25, 0.3) is 11.5 Å². The number of ether oxygens (including phenoxy) is 2. The fraction of sp³-hybridized carbons (Fsp3) is 0.257. The van der Waals surface area contributed by atoms with Crippen molar-refractivity contribution >= 4 is 40.9 Å². The summed E-state index contributed by atoms with van der Waals surface area (Å²) < 4.78 is 29.3. The summed E-state index contributed by atoms with van der Waals surface area (Å²) in [5.41, 5.74) is 5.47. The van der Waals surface area contributed by atoms with Gasteiger partial charge in [-0.25, -0.2) is 9.07 Å². The lowest BCUT2D eigenvalue weighted by Gasteiger charge is -2.35. The van der Waals surface area contributed by atoms with E-state index in [4.69, 9.17) is 15.2 Å². The highest BCUT2D eigenvalue weighted by molar-refractivity contribution is 6.05. The average molecular weight is 678 g/mol. The number of aromatic nitrogens is 3. The van der Waals surface area contributed by atoms with Gasteiger partial charge < -0.3 is 25.6 Å². The number of rotatable bonds is 11. The van der Waals surface area contributed by atoms with Gasteiger partial charge in [-0.2, -0.15) is 0 Å². The zero-order chi connectivity index (χ0) is 34.0. The number of carbonyl (C=O) groups excluding carboxylic acids is 1. The SMILES string of the molecule is COc1ccc2c(Oc3ccc(NC(=O)c4c(C)n(C[C@H](C)[C@](N)(C(=O)O)C(C)C)n(-c5ccccc5)c4=O)cc3F)ccnc2c1.Cl. The fourth-order valence-corrected chi connectivity index (χ4v) is 5.68. The first-order valence-corrected chi connectivity index (χ1v) is 15.0. The highest BCUT2D eigenvalue weighted by atomic mass is 35.5. The highest BCUT2D eigenvalue weighted by Gasteiger charge is 2.43. The molecule has 0 saturated carbocycles. The number of halogens is 2. The van der Waals surface area contributed by atoms with Crippen LogP contribution in [0.15, 0.2) is 83.8 Å². The van der Waals surface area contributed by atoms with E-state index in [-0.39, 0.29) is 36.0 Å². The molecule has 3 aromatic carbocycles. The van der Waals surface area contributed by atoms with Crippen LogP contribution in [-0.2, 0) is 11.3 Å². The lowest BCUT2D eigenvalue weighted by Crippen LogP contribution is -2.58. The zero-order valence-electron chi connectivity index (χ0n) is 27.1. The molecule has 0 bridgehead atoms. The summed E-state index contributed by atoms with van der Waals surface area (Å²) in [6.45, 7) is 6.78. The van der Waals surface area contributed by atoms with Crippen LogP contribution in [0.3, 0.4) is 0 Å². The minimum absolute atomic E-state index is 0. The number of carboxylic acids is 1. The maximum atomic E-state index is 15.3. The second kappa shape index (κ2) is 14.3. The van der Waals surface area contributed by atoms with Gasteiger partial charge in [0.2, 0.25) is 0 Å². The molecule has 2 heterocycles. The molecule has 1 amide bonds. The smallest absolute Gasteiger partial charge is 0.324 e. The second-order valence-electron chi connectivity index (χ2n) is 11.7. The Bertz CT molecular complexity index is 2030. The van der Waals surface area contributed by atoms with Crippen molar-refractivity contribution in [3.05, 3.63) is 106 Å². The number of fused-ring (bicyclic) bond motifs is 1. The predicted molar refractivity (Wildman–Crippen MR) is 183 cm³/mol. The molecule has 0 aliphatic carbocycles. The normalized spacial score (nSPS) is 13.0. The number of carboxylic acid groups (broad SMARTS) is 1. The van der Waals surface area contributed by atoms with E-state index in [9.17, 15) is 19.5 Å². The number of nitrogens with two attached hydrogens (primary N) is 1. The summed E-state index contributed by atoms with van der Waals surface area (Å²) in [5, 5.41) is 13.3. The van der Waals surface area contributed by atoms with Gasteiger partial charge in [0.05, 0.1) is 24.0 Å². The molecule has 0 spiro atoms. The van der Waals surface area contributed by atoms with Crippen LogP contribution in [0, 0.1) is 24.6 Å². The molecule has 0 fully saturated rings. The van der Waals surface area contributed by atoms with Crippen LogP contribution in [0.4, 0.5) is 10.1 Å². The molecule has 13 heteroatoms. The van der Waals surface area contributed by atoms with Gasteiger partial charge in [-0.15, -0.1) is 12.4 Å². The van der Waals surface area contributed by atoms with E-state index in [0.29, 0.717) is 33.8 Å². The first-order valence-electron chi connectivity index (χ1n) is 15.0. The third kappa shape index (κ3) is 6.62. The maximum Gasteiger partial charge on any atom is 0.324 e. The number of pyridine rings is 1. The predicted octanol–water partition coefficient (Wildman–Crippen LogP) is 6.18. The molecule has 252 valence electrons. The molecule has 48 heavy (non-hydrogen) atoms. The molecule has 4 N–H and O–H groups in total. The van der Waals surface area contributed by atoms with E-state index in [1.165, 1.54) is 16.8 Å². The van der Waals surface area contributed by atoms with E-state index in [1.807, 2.05) is 0 Å². The molecule has 2 aromatic heterocycles. The summed E-state index contributed by atoms with van der Waals surface area (Å²) in [6, 6.07) is 19.5. The van der Waals surface area contributed by atoms with Crippen LogP contribution < -0.4 is 26.1 Å². The maximum absolute atomic E-state index is 15.3. The number of methoxy groups -OCH3 is 1. The number of amides is 1. The Kier molecular flexibility index (Phi) is 10.6. The molecular formula is C35H37ClFN5O6. The van der Waals surface area contributed by atoms with Gasteiger partial charge in [-0.05, 0) is 55.3 Å². The number of hydrogen-bond acceptors (Lipinski definition) is 7. The number of carbonyl (C=O) groups is 2. The number of benzene rings is 3. The van der Waals surface area contributed by atoms with E-state index < -0.39 is 40.6 Å². The van der Waals surface area contributed by atoms with Crippen LogP contribution >= 0.6 is 12.4 Å². The van der Waals surface area contributed by atoms with E-state index in [1.54, 1.807) is 100 Å². The van der Waals surface area contributed by atoms with E-state index in [2.05, 4.69) is 10.3 Å². The highest BCUT2D eigenvalue weighted by Crippen LogP contribution is 2.33. The molecule has 5 aromatic rings. The lowest BCUT2D eigenvalue weighted by atomic mass is 9.77. The number of para-hydroxylation sites is 1. The van der Waals surface area contributed by atoms with Gasteiger partial charge in [0.1, 0.15) is 22.6 Å². The van der Waals surface area contributed by atoms with Crippen LogP contribution in [0.5, 0.6) is 17.2 Å². The van der Waals surface area contributed by atoms with Crippen molar-refractivity contribution in [3.8, 4) is 22.9 Å². The number of anilines is 1. The van der Waals surface area contributed by atoms with E-state index >= 15 is 4.39 Å². The third-order valence-corrected chi connectivity index (χ3v) is 8.53. The van der Waals surface area contributed by atoms with Crippen molar-refractivity contribution in [2.75, 3.05) is 12.4 Å². The summed E-state index contributed by atoms with van der Waals surface area (Å²) in [4.78, 5) is 44.0. The first kappa shape index (κ1) is 35.7. The Hall–Kier alpha value is -5.20. The van der Waals surface area contributed by atoms with Crippen molar-refractivity contribution in [1.82, 2.24) is 14.3 Å². The Balaban J connectivity index is 0.00000520. The number of hydrogen-bond donors (Lipinski definition) is 3. The van der Waals surface area contributed by atoms with Gasteiger partial charge in [0, 0.05) is 41.9 Å². The standard InChI is InChI=1S/C35H36FN5O6.ClH/c1-20(2)35(37,34(44)45)21(3)19-40-22(4)31(33(43)41(40)24-9-7-6-8-10-24)32(42)39-23-11-14-30(27(36)17-23)47-29-15-16-38-28-18-25(46-5)12-13-26(28)29;/h6-18,20-21H,19,37H2,1-5H3,(H,39,42)(H,44,45);1H/t21-,35-;/m0./s1. The first-order chi connectivity index (χ1) is 22.4. The molecule has 5 rings (SSSR count). The second-order valence-corrected chi connectivity index (χ2v) is 11.7. The zero-order valence-corrected chi connectivity index (χ0v) is 27.9. The average Bonchev–Trinajstić information content (AvgIpc) is 3.29. The minimum atomic E-state index is -1.60. The Morgan fingerprint density at radius 3 is 2.38 bits per heavy atom. The number of aliphatic carboxylic acids is 1. The number of nitrogens with zero attached hydrogens (tertiary/aromatic N) is 3. The van der Waals surface area contributed by atoms with Crippen molar-refractivity contribution in [2.45, 2.75) is 39.8 Å². The quantitative estimate of drug-likeness (QED) is 0.150. The molecule has 0 aliphatic rings. The Morgan fingerprint density at radius 1 is 1.04 bits per heavy atom. The third-order valence-electron chi connectivity index (χ3n) is 8.53. The molecular weight excluding hydrogens is 641 g/mol. The molecule has 2 atom stereocenters. The van der Waals surface area contributed by atoms with Crippen molar-refractivity contribution in [3.63, 3.8) is 0 Å². The van der Waals surface area contributed by atoms with Crippen LogP contribution in [0.1, 0.15) is 36.8 Å².